The van der Waals surface area contributed by atoms with Crippen LogP contribution in [0, 0.1) is 39.0 Å². The molecule has 0 aliphatic carbocycles. The summed E-state index contributed by atoms with van der Waals surface area (Å²) in [6.07, 6.45) is 1.25. The van der Waals surface area contributed by atoms with Gasteiger partial charge in [-0.25, -0.2) is 4.39 Å². The summed E-state index contributed by atoms with van der Waals surface area (Å²) < 4.78 is 27.3. The van der Waals surface area contributed by atoms with Gasteiger partial charge in [-0.15, -0.1) is 0 Å². The number of nitrogens with zero attached hydrogens (tertiary/aromatic N) is 3. The number of likely N-dealkylation sites (tertiary alicyclic amines) is 1. The van der Waals surface area contributed by atoms with E-state index >= 15 is 0 Å². The first-order chi connectivity index (χ1) is 9.93. The number of hydrogen-bond acceptors (Lipinski definition) is 4. The van der Waals surface area contributed by atoms with Crippen LogP contribution in [0.2, 0.25) is 0 Å². The fraction of sp³-hybridized carbons (Fsp3) is 0.385. The maximum atomic E-state index is 13.8. The van der Waals surface area contributed by atoms with Crippen molar-refractivity contribution in [2.75, 3.05) is 13.1 Å². The van der Waals surface area contributed by atoms with Crippen molar-refractivity contribution in [2.45, 2.75) is 12.8 Å². The monoisotopic (exact) mass is 295 g/mol. The maximum Gasteiger partial charge on any atom is 0.307 e. The summed E-state index contributed by atoms with van der Waals surface area (Å²) in [5, 5.41) is 19.4. The molecule has 0 aromatic heterocycles. The van der Waals surface area contributed by atoms with E-state index in [2.05, 4.69) is 0 Å². The lowest BCUT2D eigenvalue weighted by Crippen LogP contribution is -2.39. The lowest BCUT2D eigenvalue weighted by molar-refractivity contribution is -0.387. The normalized spacial score (nSPS) is 18.1. The van der Waals surface area contributed by atoms with Gasteiger partial charge in [-0.1, -0.05) is 0 Å². The lowest BCUT2D eigenvalue weighted by atomic mass is 9.99. The van der Waals surface area contributed by atoms with E-state index in [1.165, 1.54) is 4.90 Å². The van der Waals surface area contributed by atoms with E-state index in [9.17, 15) is 23.7 Å². The molecular formula is C13H11F2N3O3. The molecule has 1 aromatic rings. The van der Waals surface area contributed by atoms with Gasteiger partial charge in [0.2, 0.25) is 5.82 Å². The summed E-state index contributed by atoms with van der Waals surface area (Å²) in [5.74, 6) is -3.51. The van der Waals surface area contributed by atoms with Crippen LogP contribution in [0.15, 0.2) is 12.1 Å². The van der Waals surface area contributed by atoms with Crippen LogP contribution in [0.4, 0.5) is 14.5 Å². The molecule has 0 spiro atoms. The van der Waals surface area contributed by atoms with Crippen LogP contribution < -0.4 is 0 Å². The second-order valence-electron chi connectivity index (χ2n) is 4.76. The molecule has 1 fully saturated rings. The van der Waals surface area contributed by atoms with Gasteiger partial charge in [0.15, 0.2) is 0 Å². The molecule has 0 bridgehead atoms. The third-order valence-electron chi connectivity index (χ3n) is 3.35. The first kappa shape index (κ1) is 14.8. The molecule has 1 aliphatic rings. The topological polar surface area (TPSA) is 87.2 Å². The van der Waals surface area contributed by atoms with E-state index in [1.807, 2.05) is 6.07 Å². The van der Waals surface area contributed by atoms with Crippen LogP contribution in [0.5, 0.6) is 0 Å². The fourth-order valence-electron chi connectivity index (χ4n) is 2.28. The highest BCUT2D eigenvalue weighted by Gasteiger charge is 2.28. The predicted molar refractivity (Wildman–Crippen MR) is 67.3 cm³/mol. The van der Waals surface area contributed by atoms with Crippen LogP contribution in [0.3, 0.4) is 0 Å². The van der Waals surface area contributed by atoms with Crippen LogP contribution in [-0.4, -0.2) is 28.8 Å². The molecule has 1 saturated heterocycles. The third-order valence-corrected chi connectivity index (χ3v) is 3.35. The largest absolute Gasteiger partial charge is 0.337 e. The highest BCUT2D eigenvalue weighted by atomic mass is 19.1. The summed E-state index contributed by atoms with van der Waals surface area (Å²) in [4.78, 5) is 22.9. The van der Waals surface area contributed by atoms with Crippen LogP contribution in [-0.2, 0) is 0 Å². The predicted octanol–water partition coefficient (Wildman–Crippen LogP) is 2.25. The van der Waals surface area contributed by atoms with Gasteiger partial charge in [0.05, 0.1) is 28.5 Å². The van der Waals surface area contributed by atoms with Gasteiger partial charge in [0, 0.05) is 13.1 Å². The van der Waals surface area contributed by atoms with Gasteiger partial charge < -0.3 is 4.90 Å². The average Bonchev–Trinajstić information content (AvgIpc) is 2.48. The van der Waals surface area contributed by atoms with Crippen molar-refractivity contribution in [3.63, 3.8) is 0 Å². The molecule has 1 unspecified atom stereocenters. The quantitative estimate of drug-likeness (QED) is 0.618. The molecule has 1 amide bonds. The van der Waals surface area contributed by atoms with Crippen LogP contribution in [0.1, 0.15) is 23.2 Å². The van der Waals surface area contributed by atoms with E-state index in [4.69, 9.17) is 5.26 Å². The van der Waals surface area contributed by atoms with Gasteiger partial charge in [0.25, 0.3) is 5.91 Å². The Morgan fingerprint density at radius 2 is 2.14 bits per heavy atom. The Kier molecular flexibility index (Phi) is 4.12. The molecule has 1 aromatic carbocycles. The van der Waals surface area contributed by atoms with Crippen LogP contribution in [0.25, 0.3) is 0 Å². The molecule has 1 atom stereocenters. The van der Waals surface area contributed by atoms with Gasteiger partial charge in [-0.2, -0.15) is 9.65 Å². The summed E-state index contributed by atoms with van der Waals surface area (Å²) >= 11 is 0. The molecular weight excluding hydrogens is 284 g/mol. The highest BCUT2D eigenvalue weighted by Crippen LogP contribution is 2.24. The molecule has 2 rings (SSSR count). The zero-order valence-corrected chi connectivity index (χ0v) is 10.9. The molecule has 110 valence electrons. The number of amides is 1. The molecule has 1 aliphatic heterocycles. The Labute approximate surface area is 118 Å². The van der Waals surface area contributed by atoms with E-state index in [0.29, 0.717) is 31.5 Å². The zero-order chi connectivity index (χ0) is 15.6. The van der Waals surface area contributed by atoms with Gasteiger partial charge in [-0.3, -0.25) is 14.9 Å². The summed E-state index contributed by atoms with van der Waals surface area (Å²) in [5.41, 5.74) is -1.57. The number of nitriles is 1. The van der Waals surface area contributed by atoms with Crippen molar-refractivity contribution >= 4 is 11.6 Å². The molecule has 6 nitrogen and oxygen atoms in total. The van der Waals surface area contributed by atoms with E-state index in [0.717, 1.165) is 0 Å². The average molecular weight is 295 g/mol. The second-order valence-corrected chi connectivity index (χ2v) is 4.76. The Hall–Kier alpha value is -2.56. The summed E-state index contributed by atoms with van der Waals surface area (Å²) in [7, 11) is 0. The molecule has 8 heteroatoms. The van der Waals surface area contributed by atoms with Crippen LogP contribution >= 0.6 is 0 Å². The van der Waals surface area contributed by atoms with E-state index in [-0.39, 0.29) is 12.5 Å². The molecule has 0 N–H and O–H groups in total. The number of rotatable bonds is 2. The van der Waals surface area contributed by atoms with Crippen molar-refractivity contribution in [1.29, 1.82) is 5.26 Å². The zero-order valence-electron chi connectivity index (χ0n) is 10.9. The van der Waals surface area contributed by atoms with E-state index < -0.39 is 33.7 Å². The number of benzene rings is 1. The van der Waals surface area contributed by atoms with E-state index in [1.54, 1.807) is 0 Å². The van der Waals surface area contributed by atoms with Gasteiger partial charge in [-0.05, 0) is 18.9 Å². The van der Waals surface area contributed by atoms with Crippen molar-refractivity contribution in [3.8, 4) is 6.07 Å². The highest BCUT2D eigenvalue weighted by molar-refractivity contribution is 5.94. The Morgan fingerprint density at radius 1 is 1.43 bits per heavy atom. The summed E-state index contributed by atoms with van der Waals surface area (Å²) in [6.45, 7) is 0.489. The van der Waals surface area contributed by atoms with Crippen molar-refractivity contribution in [3.05, 3.63) is 39.4 Å². The minimum atomic E-state index is -1.27. The van der Waals surface area contributed by atoms with Crippen molar-refractivity contribution in [1.82, 2.24) is 4.90 Å². The molecule has 0 radical (unpaired) electrons. The van der Waals surface area contributed by atoms with Crippen molar-refractivity contribution in [2.24, 2.45) is 5.92 Å². The number of nitro groups is 1. The standard InChI is InChI=1S/C13H11F2N3O3/c14-10-5-12(18(20)21)11(15)4-9(10)13(19)17-3-1-2-8(6-16)7-17/h4-5,8H,1-3,7H2. The van der Waals surface area contributed by atoms with Gasteiger partial charge in [0.1, 0.15) is 5.82 Å². The third kappa shape index (κ3) is 2.97. The summed E-state index contributed by atoms with van der Waals surface area (Å²) in [6, 6.07) is 2.97. The number of hydrogen-bond donors (Lipinski definition) is 0. The molecule has 1 heterocycles. The number of halogens is 2. The first-order valence-electron chi connectivity index (χ1n) is 6.26. The number of carbonyl (C=O) groups is 1. The number of carbonyl (C=O) groups excluding carboxylic acids is 1. The second kappa shape index (κ2) is 5.83. The maximum absolute atomic E-state index is 13.8. The lowest BCUT2D eigenvalue weighted by Gasteiger charge is -2.29. The Morgan fingerprint density at radius 3 is 2.76 bits per heavy atom. The molecule has 21 heavy (non-hydrogen) atoms. The minimum absolute atomic E-state index is 0.146. The fourth-order valence-corrected chi connectivity index (χ4v) is 2.28. The Balaban J connectivity index is 2.29. The van der Waals surface area contributed by atoms with Gasteiger partial charge >= 0.3 is 5.69 Å². The Bertz CT molecular complexity index is 642. The number of piperidine rings is 1. The molecule has 0 saturated carbocycles. The smallest absolute Gasteiger partial charge is 0.307 e. The minimum Gasteiger partial charge on any atom is -0.337 e. The number of nitro benzene ring substituents is 1. The van der Waals surface area contributed by atoms with Crippen molar-refractivity contribution < 1.29 is 18.5 Å². The first-order valence-corrected chi connectivity index (χ1v) is 6.26. The SMILES string of the molecule is N#CC1CCCN(C(=O)c2cc(F)c([N+](=O)[O-])cc2F)C1.